The van der Waals surface area contributed by atoms with Gasteiger partial charge in [0, 0.05) is 44.3 Å². The van der Waals surface area contributed by atoms with Crippen molar-refractivity contribution in [3.63, 3.8) is 0 Å². The lowest BCUT2D eigenvalue weighted by Crippen LogP contribution is -2.00. The molecule has 6 aromatic carbocycles. The average molecular weight is 561 g/mol. The summed E-state index contributed by atoms with van der Waals surface area (Å²) in [5.41, 5.74) is 13.9. The molecule has 0 saturated carbocycles. The fourth-order valence-corrected chi connectivity index (χ4v) is 7.84. The Balaban J connectivity index is 1.34. The van der Waals surface area contributed by atoms with Gasteiger partial charge in [0.25, 0.3) is 0 Å². The monoisotopic (exact) mass is 560 g/mol. The number of benzene rings is 6. The van der Waals surface area contributed by atoms with E-state index < -0.39 is 0 Å². The second kappa shape index (κ2) is 8.95. The van der Waals surface area contributed by atoms with Gasteiger partial charge in [0.1, 0.15) is 0 Å². The van der Waals surface area contributed by atoms with Crippen molar-refractivity contribution in [1.82, 2.24) is 9.13 Å². The first-order chi connectivity index (χ1) is 21.8. The summed E-state index contributed by atoms with van der Waals surface area (Å²) in [6, 6.07) is 47.5. The smallest absolute Gasteiger partial charge is 0.0619 e. The van der Waals surface area contributed by atoms with E-state index in [1.165, 1.54) is 82.8 Å². The molecule has 0 radical (unpaired) electrons. The van der Waals surface area contributed by atoms with E-state index >= 15 is 0 Å². The minimum Gasteiger partial charge on any atom is -0.309 e. The minimum absolute atomic E-state index is 0.403. The summed E-state index contributed by atoms with van der Waals surface area (Å²) in [5, 5.41) is 5.15. The van der Waals surface area contributed by atoms with Crippen LogP contribution in [0.25, 0.3) is 77.2 Å². The number of nitrogens with zero attached hydrogens (tertiary/aromatic N) is 2. The molecule has 0 N–H and O–H groups in total. The zero-order valence-corrected chi connectivity index (χ0v) is 24.1. The Labute approximate surface area is 255 Å². The van der Waals surface area contributed by atoms with Crippen LogP contribution in [0.5, 0.6) is 0 Å². The van der Waals surface area contributed by atoms with Crippen molar-refractivity contribution in [2.24, 2.45) is 0 Å². The molecule has 2 nitrogen and oxygen atoms in total. The van der Waals surface area contributed by atoms with Crippen LogP contribution in [0.1, 0.15) is 17.9 Å². The highest BCUT2D eigenvalue weighted by Crippen LogP contribution is 2.49. The van der Waals surface area contributed by atoms with Crippen LogP contribution in [0.3, 0.4) is 0 Å². The Hall–Kier alpha value is -5.60. The van der Waals surface area contributed by atoms with Crippen LogP contribution in [0.4, 0.5) is 0 Å². The van der Waals surface area contributed by atoms with Gasteiger partial charge in [0.05, 0.1) is 27.8 Å². The second-order valence-electron chi connectivity index (χ2n) is 12.1. The van der Waals surface area contributed by atoms with E-state index in [0.29, 0.717) is 5.92 Å². The van der Waals surface area contributed by atoms with E-state index in [1.807, 2.05) is 0 Å². The van der Waals surface area contributed by atoms with Crippen molar-refractivity contribution >= 4 is 43.6 Å². The molecule has 0 amide bonds. The summed E-state index contributed by atoms with van der Waals surface area (Å²) in [6.45, 7) is 0. The molecule has 206 valence electrons. The topological polar surface area (TPSA) is 9.86 Å². The summed E-state index contributed by atoms with van der Waals surface area (Å²) >= 11 is 0. The summed E-state index contributed by atoms with van der Waals surface area (Å²) in [7, 11) is 0. The number of fused-ring (bicyclic) bond motifs is 11. The highest BCUT2D eigenvalue weighted by Gasteiger charge is 2.26. The summed E-state index contributed by atoms with van der Waals surface area (Å²) < 4.78 is 4.96. The second-order valence-corrected chi connectivity index (χ2v) is 12.1. The summed E-state index contributed by atoms with van der Waals surface area (Å²) in [4.78, 5) is 0. The van der Waals surface area contributed by atoms with E-state index in [0.717, 1.165) is 6.42 Å². The molecule has 1 aliphatic carbocycles. The summed E-state index contributed by atoms with van der Waals surface area (Å²) in [6.07, 6.45) is 9.95. The third-order valence-corrected chi connectivity index (χ3v) is 9.77. The molecule has 0 bridgehead atoms. The van der Waals surface area contributed by atoms with Crippen molar-refractivity contribution in [3.8, 4) is 33.6 Å². The molecule has 10 rings (SSSR count). The van der Waals surface area contributed by atoms with Crippen LogP contribution in [0.2, 0.25) is 0 Å². The van der Waals surface area contributed by atoms with Crippen LogP contribution in [0.15, 0.2) is 152 Å². The molecule has 2 aromatic heterocycles. The molecular weight excluding hydrogens is 532 g/mol. The van der Waals surface area contributed by atoms with E-state index in [4.69, 9.17) is 0 Å². The zero-order valence-electron chi connectivity index (χ0n) is 24.1. The lowest BCUT2D eigenvalue weighted by atomic mass is 9.91. The van der Waals surface area contributed by atoms with Crippen LogP contribution in [0, 0.1) is 0 Å². The molecule has 2 aliphatic rings. The van der Waals surface area contributed by atoms with E-state index in [9.17, 15) is 0 Å². The van der Waals surface area contributed by atoms with Crippen molar-refractivity contribution in [2.45, 2.75) is 12.3 Å². The van der Waals surface area contributed by atoms with Gasteiger partial charge in [-0.25, -0.2) is 0 Å². The van der Waals surface area contributed by atoms with Gasteiger partial charge >= 0.3 is 0 Å². The predicted octanol–water partition coefficient (Wildman–Crippen LogP) is 11.1. The summed E-state index contributed by atoms with van der Waals surface area (Å²) in [5.74, 6) is 0.403. The van der Waals surface area contributed by atoms with E-state index in [1.54, 1.807) is 0 Å². The number of rotatable bonds is 2. The van der Waals surface area contributed by atoms with Crippen molar-refractivity contribution in [2.75, 3.05) is 0 Å². The number of hydrogen-bond donors (Lipinski definition) is 0. The van der Waals surface area contributed by atoms with Crippen molar-refractivity contribution in [1.29, 1.82) is 0 Å². The van der Waals surface area contributed by atoms with Crippen LogP contribution < -0.4 is 0 Å². The first kappa shape index (κ1) is 23.9. The lowest BCUT2D eigenvalue weighted by molar-refractivity contribution is 0.852. The SMILES string of the molecule is C1=CCC(c2cccc(-n3c4ccccc4c4cc5c(cc43)-c3cccc4c6ccccc6n(c34)-c3ccccc3-5)c2)C=C1. The van der Waals surface area contributed by atoms with E-state index in [-0.39, 0.29) is 0 Å². The van der Waals surface area contributed by atoms with Gasteiger partial charge in [-0.05, 0) is 65.6 Å². The highest BCUT2D eigenvalue weighted by atomic mass is 15.0. The van der Waals surface area contributed by atoms with Gasteiger partial charge in [0.15, 0.2) is 0 Å². The quantitative estimate of drug-likeness (QED) is 0.199. The van der Waals surface area contributed by atoms with Gasteiger partial charge in [-0.1, -0.05) is 109 Å². The predicted molar refractivity (Wildman–Crippen MR) is 185 cm³/mol. The molecule has 3 heterocycles. The minimum atomic E-state index is 0.403. The number of aromatic nitrogens is 2. The maximum absolute atomic E-state index is 2.49. The molecule has 1 aliphatic heterocycles. The van der Waals surface area contributed by atoms with E-state index in [2.05, 4.69) is 161 Å². The third-order valence-electron chi connectivity index (χ3n) is 9.77. The van der Waals surface area contributed by atoms with Gasteiger partial charge in [-0.3, -0.25) is 0 Å². The van der Waals surface area contributed by atoms with Crippen LogP contribution in [-0.4, -0.2) is 9.13 Å². The third kappa shape index (κ3) is 3.20. The maximum atomic E-state index is 2.49. The Bertz CT molecular complexity index is 2530. The normalized spacial score (nSPS) is 15.2. The Morgan fingerprint density at radius 2 is 1.18 bits per heavy atom. The highest BCUT2D eigenvalue weighted by molar-refractivity contribution is 6.19. The fraction of sp³-hybridized carbons (Fsp3) is 0.0476. The molecule has 1 atom stereocenters. The van der Waals surface area contributed by atoms with Crippen molar-refractivity contribution < 1.29 is 0 Å². The molecule has 0 saturated heterocycles. The maximum Gasteiger partial charge on any atom is 0.0619 e. The van der Waals surface area contributed by atoms with Crippen LogP contribution in [-0.2, 0) is 0 Å². The fourth-order valence-electron chi connectivity index (χ4n) is 7.84. The zero-order chi connectivity index (χ0) is 28.8. The Morgan fingerprint density at radius 3 is 2.05 bits per heavy atom. The molecule has 0 spiro atoms. The van der Waals surface area contributed by atoms with Gasteiger partial charge in [-0.2, -0.15) is 0 Å². The molecule has 44 heavy (non-hydrogen) atoms. The number of allylic oxidation sites excluding steroid dienone is 4. The van der Waals surface area contributed by atoms with Gasteiger partial charge in [-0.15, -0.1) is 0 Å². The van der Waals surface area contributed by atoms with Gasteiger partial charge in [0.2, 0.25) is 0 Å². The molecule has 0 fully saturated rings. The molecule has 2 heteroatoms. The lowest BCUT2D eigenvalue weighted by Gasteiger charge is -2.16. The Kier molecular flexibility index (Phi) is 4.86. The van der Waals surface area contributed by atoms with Crippen LogP contribution >= 0.6 is 0 Å². The average Bonchev–Trinajstić information content (AvgIpc) is 3.57. The van der Waals surface area contributed by atoms with Gasteiger partial charge < -0.3 is 9.13 Å². The number of hydrogen-bond acceptors (Lipinski definition) is 0. The standard InChI is InChI=1S/C42H28N2/c1-2-12-27(13-3-1)28-14-10-15-29(24-28)43-38-21-7-6-18-32(38)37-25-35-31-17-5-9-23-40(31)44-39-22-8-4-16-30(39)33-19-11-20-34(42(33)44)36(35)26-41(37)43/h1-12,14-27H,13H2. The first-order valence-electron chi connectivity index (χ1n) is 15.5. The molecular formula is C42H28N2. The largest absolute Gasteiger partial charge is 0.309 e. The van der Waals surface area contributed by atoms with Crippen molar-refractivity contribution in [3.05, 3.63) is 157 Å². The molecule has 1 unspecified atom stereocenters. The Morgan fingerprint density at radius 1 is 0.477 bits per heavy atom. The number of para-hydroxylation sites is 4. The first-order valence-corrected chi connectivity index (χ1v) is 15.5. The molecule has 8 aromatic rings.